The van der Waals surface area contributed by atoms with Gasteiger partial charge in [-0.05, 0) is 62.4 Å². The second-order valence-electron chi connectivity index (χ2n) is 9.39. The van der Waals surface area contributed by atoms with Gasteiger partial charge in [-0.1, -0.05) is 60.7 Å². The quantitative estimate of drug-likeness (QED) is 0.134. The summed E-state index contributed by atoms with van der Waals surface area (Å²) in [6.45, 7) is 3.47. The molecule has 6 rings (SSSR count). The second kappa shape index (κ2) is 14.6. The Bertz CT molecular complexity index is 1800. The van der Waals surface area contributed by atoms with Crippen molar-refractivity contribution in [2.45, 2.75) is 13.8 Å². The molecule has 6 aromatic rings. The molecule has 0 atom stereocenters. The van der Waals surface area contributed by atoms with Crippen molar-refractivity contribution >= 4 is 22.7 Å². The van der Waals surface area contributed by atoms with Gasteiger partial charge in [0, 0.05) is 16.8 Å². The molecular formula is C32H28CoN8O4. The van der Waals surface area contributed by atoms with Gasteiger partial charge in [-0.3, -0.25) is 0 Å². The monoisotopic (exact) mass is 647 g/mol. The molecule has 2 aromatic heterocycles. The summed E-state index contributed by atoms with van der Waals surface area (Å²) in [6, 6.07) is 31.7. The van der Waals surface area contributed by atoms with Gasteiger partial charge in [0.25, 0.3) is 0 Å². The van der Waals surface area contributed by atoms with Crippen LogP contribution in [-0.4, -0.2) is 40.0 Å². The molecule has 0 aliphatic heterocycles. The van der Waals surface area contributed by atoms with E-state index in [1.807, 2.05) is 60.7 Å². The third kappa shape index (κ3) is 7.41. The van der Waals surface area contributed by atoms with Crippen LogP contribution in [0.4, 0.5) is 22.7 Å². The Labute approximate surface area is 268 Å². The average molecular weight is 648 g/mol. The van der Waals surface area contributed by atoms with Gasteiger partial charge in [-0.2, -0.15) is 19.6 Å². The van der Waals surface area contributed by atoms with Gasteiger partial charge in [0.15, 0.2) is 11.4 Å². The van der Waals surface area contributed by atoms with Gasteiger partial charge in [-0.15, -0.1) is 20.5 Å². The zero-order valence-corrected chi connectivity index (χ0v) is 25.1. The van der Waals surface area contributed by atoms with Crippen LogP contribution >= 0.6 is 0 Å². The van der Waals surface area contributed by atoms with Crippen molar-refractivity contribution in [3.05, 3.63) is 121 Å². The van der Waals surface area contributed by atoms with E-state index in [0.29, 0.717) is 22.8 Å². The topological polar surface area (TPSA) is 166 Å². The van der Waals surface area contributed by atoms with Crippen molar-refractivity contribution in [2.75, 3.05) is 0 Å². The summed E-state index contributed by atoms with van der Waals surface area (Å²) in [5, 5.41) is 64.4. The molecule has 0 unspecified atom stereocenters. The van der Waals surface area contributed by atoms with Crippen molar-refractivity contribution in [1.29, 1.82) is 0 Å². The molecule has 2 heterocycles. The standard InChI is InChI=1S/2C16H14N4O2.Co/c2*1-11-15(18-17-13-9-5-6-10-14(13)21)16(22)20(19-11)12-7-3-2-4-8-12;/h2*2-10,21-22H,1H3;. The number of hydrogen-bond acceptors (Lipinski definition) is 10. The minimum atomic E-state index is -0.0946. The van der Waals surface area contributed by atoms with Crippen LogP contribution in [0.25, 0.3) is 11.4 Å². The number of hydrogen-bond donors (Lipinski definition) is 4. The number of aromatic nitrogens is 4. The normalized spacial score (nSPS) is 10.9. The first-order chi connectivity index (χ1) is 21.3. The zero-order valence-electron chi connectivity index (χ0n) is 24.1. The summed E-state index contributed by atoms with van der Waals surface area (Å²) >= 11 is 0. The number of aromatic hydroxyl groups is 4. The molecule has 0 spiro atoms. The van der Waals surface area contributed by atoms with Crippen LogP contribution in [0.5, 0.6) is 23.3 Å². The molecule has 0 aliphatic rings. The van der Waals surface area contributed by atoms with Crippen molar-refractivity contribution < 1.29 is 37.2 Å². The van der Waals surface area contributed by atoms with Crippen LogP contribution in [0.15, 0.2) is 130 Å². The van der Waals surface area contributed by atoms with E-state index in [1.165, 1.54) is 21.5 Å². The number of rotatable bonds is 6. The van der Waals surface area contributed by atoms with E-state index in [0.717, 1.165) is 11.4 Å². The molecular weight excluding hydrogens is 619 g/mol. The van der Waals surface area contributed by atoms with E-state index in [4.69, 9.17) is 0 Å². The van der Waals surface area contributed by atoms with Crippen LogP contribution in [0.2, 0.25) is 0 Å². The third-order valence-electron chi connectivity index (χ3n) is 6.29. The molecule has 4 N–H and O–H groups in total. The van der Waals surface area contributed by atoms with Crippen LogP contribution in [0.1, 0.15) is 11.4 Å². The maximum absolute atomic E-state index is 10.3. The molecule has 0 saturated heterocycles. The number of nitrogens with zero attached hydrogens (tertiary/aromatic N) is 8. The Morgan fingerprint density at radius 2 is 0.800 bits per heavy atom. The molecule has 45 heavy (non-hydrogen) atoms. The predicted molar refractivity (Wildman–Crippen MR) is 164 cm³/mol. The minimum absolute atomic E-state index is 0. The molecule has 229 valence electrons. The predicted octanol–water partition coefficient (Wildman–Crippen LogP) is 8.01. The first kappa shape index (κ1) is 32.1. The second-order valence-corrected chi connectivity index (χ2v) is 9.39. The molecule has 1 radical (unpaired) electrons. The van der Waals surface area contributed by atoms with Crippen LogP contribution in [0, 0.1) is 13.8 Å². The number of azo groups is 2. The molecule has 12 nitrogen and oxygen atoms in total. The summed E-state index contributed by atoms with van der Waals surface area (Å²) < 4.78 is 2.79. The van der Waals surface area contributed by atoms with Crippen LogP contribution < -0.4 is 0 Å². The number of phenolic OH excluding ortho intramolecular Hbond substituents is 2. The summed E-state index contributed by atoms with van der Waals surface area (Å²) in [7, 11) is 0. The maximum Gasteiger partial charge on any atom is 0.243 e. The SMILES string of the molecule is Cc1nn(-c2ccccc2)c(O)c1N=Nc1ccccc1O.Cc1nn(-c2ccccc2)c(O)c1N=Nc1ccccc1O.[Co]. The fourth-order valence-electron chi connectivity index (χ4n) is 4.05. The van der Waals surface area contributed by atoms with E-state index in [-0.39, 0.29) is 51.4 Å². The van der Waals surface area contributed by atoms with E-state index < -0.39 is 0 Å². The molecule has 0 bridgehead atoms. The number of aryl methyl sites for hydroxylation is 2. The number of phenols is 2. The van der Waals surface area contributed by atoms with Gasteiger partial charge in [0.05, 0.1) is 22.8 Å². The van der Waals surface area contributed by atoms with Crippen LogP contribution in [-0.2, 0) is 16.8 Å². The summed E-state index contributed by atoms with van der Waals surface area (Å²) in [5.41, 5.74) is 3.74. The maximum atomic E-state index is 10.3. The molecule has 4 aromatic carbocycles. The van der Waals surface area contributed by atoms with E-state index >= 15 is 0 Å². The third-order valence-corrected chi connectivity index (χ3v) is 6.29. The fraction of sp³-hybridized carbons (Fsp3) is 0.0625. The van der Waals surface area contributed by atoms with Gasteiger partial charge >= 0.3 is 0 Å². The smallest absolute Gasteiger partial charge is 0.243 e. The molecule has 0 aliphatic carbocycles. The summed E-state index contributed by atoms with van der Waals surface area (Å²) in [5.74, 6) is -0.136. The Morgan fingerprint density at radius 3 is 1.16 bits per heavy atom. The average Bonchev–Trinajstić information content (AvgIpc) is 3.50. The van der Waals surface area contributed by atoms with E-state index in [9.17, 15) is 20.4 Å². The van der Waals surface area contributed by atoms with Crippen molar-refractivity contribution in [2.24, 2.45) is 20.5 Å². The van der Waals surface area contributed by atoms with Crippen molar-refractivity contribution in [3.63, 3.8) is 0 Å². The van der Waals surface area contributed by atoms with Gasteiger partial charge in [0.1, 0.15) is 22.9 Å². The van der Waals surface area contributed by atoms with Crippen LogP contribution in [0.3, 0.4) is 0 Å². The van der Waals surface area contributed by atoms with Gasteiger partial charge in [0.2, 0.25) is 11.8 Å². The largest absolute Gasteiger partial charge is 0.506 e. The Morgan fingerprint density at radius 1 is 0.467 bits per heavy atom. The Kier molecular flexibility index (Phi) is 10.4. The molecule has 0 saturated carbocycles. The first-order valence-corrected chi connectivity index (χ1v) is 13.4. The number of para-hydroxylation sites is 4. The van der Waals surface area contributed by atoms with Crippen molar-refractivity contribution in [1.82, 2.24) is 19.6 Å². The summed E-state index contributed by atoms with van der Waals surface area (Å²) in [6.07, 6.45) is 0. The molecule has 0 fully saturated rings. The molecule has 0 amide bonds. The van der Waals surface area contributed by atoms with E-state index in [1.54, 1.807) is 50.2 Å². The van der Waals surface area contributed by atoms with E-state index in [2.05, 4.69) is 30.7 Å². The number of benzene rings is 4. The fourth-order valence-corrected chi connectivity index (χ4v) is 4.05. The van der Waals surface area contributed by atoms with Gasteiger partial charge in [-0.25, -0.2) is 0 Å². The zero-order chi connectivity index (χ0) is 31.1. The minimum Gasteiger partial charge on any atom is -0.506 e. The Balaban J connectivity index is 0.000000200. The van der Waals surface area contributed by atoms with Crippen molar-refractivity contribution in [3.8, 4) is 34.6 Å². The molecule has 13 heteroatoms. The van der Waals surface area contributed by atoms with Gasteiger partial charge < -0.3 is 20.4 Å². The first-order valence-electron chi connectivity index (χ1n) is 13.4. The Hall–Kier alpha value is -5.79. The summed E-state index contributed by atoms with van der Waals surface area (Å²) in [4.78, 5) is 0.